The minimum absolute atomic E-state index is 0.256. The third-order valence-corrected chi connectivity index (χ3v) is 6.79. The maximum Gasteiger partial charge on any atom is 0.232 e. The number of rotatable bonds is 5. The standard InChI is InChI=1S/C23H25ClN2OS/c1-17-10-12-25(13-11-17)23(27)16-28-22-15-26(21-5-3-2-4-20(21)22)14-18-6-8-19(24)9-7-18/h2-9,15,17H,10-14,16H2,1H3. The van der Waals surface area contributed by atoms with Crippen molar-refractivity contribution in [1.82, 2.24) is 9.47 Å². The number of hydrogen-bond donors (Lipinski definition) is 0. The predicted octanol–water partition coefficient (Wildman–Crippen LogP) is 5.69. The van der Waals surface area contributed by atoms with Crippen molar-refractivity contribution in [2.75, 3.05) is 18.8 Å². The highest BCUT2D eigenvalue weighted by Gasteiger charge is 2.20. The van der Waals surface area contributed by atoms with Crippen molar-refractivity contribution >= 4 is 40.2 Å². The zero-order valence-electron chi connectivity index (χ0n) is 16.1. The molecule has 0 radical (unpaired) electrons. The van der Waals surface area contributed by atoms with Crippen molar-refractivity contribution in [1.29, 1.82) is 0 Å². The van der Waals surface area contributed by atoms with Crippen LogP contribution in [0.25, 0.3) is 10.9 Å². The van der Waals surface area contributed by atoms with Crippen LogP contribution < -0.4 is 0 Å². The van der Waals surface area contributed by atoms with Gasteiger partial charge in [-0.25, -0.2) is 0 Å². The van der Waals surface area contributed by atoms with Crippen LogP contribution in [0.5, 0.6) is 0 Å². The van der Waals surface area contributed by atoms with E-state index >= 15 is 0 Å². The first-order valence-electron chi connectivity index (χ1n) is 9.83. The van der Waals surface area contributed by atoms with Gasteiger partial charge in [-0.05, 0) is 42.5 Å². The molecule has 0 N–H and O–H groups in total. The third kappa shape index (κ3) is 4.39. The molecule has 0 bridgehead atoms. The van der Waals surface area contributed by atoms with E-state index in [2.05, 4.69) is 54.1 Å². The molecule has 1 aliphatic heterocycles. The second-order valence-corrected chi connectivity index (χ2v) is 9.07. The summed E-state index contributed by atoms with van der Waals surface area (Å²) in [6.45, 7) is 4.86. The number of halogens is 1. The number of nitrogens with zero attached hydrogens (tertiary/aromatic N) is 2. The van der Waals surface area contributed by atoms with Crippen LogP contribution in [-0.4, -0.2) is 34.2 Å². The second-order valence-electron chi connectivity index (χ2n) is 7.62. The van der Waals surface area contributed by atoms with Crippen LogP contribution in [0.1, 0.15) is 25.3 Å². The second kappa shape index (κ2) is 8.62. The quantitative estimate of drug-likeness (QED) is 0.502. The molecule has 146 valence electrons. The molecular weight excluding hydrogens is 388 g/mol. The predicted molar refractivity (Wildman–Crippen MR) is 118 cm³/mol. The van der Waals surface area contributed by atoms with Gasteiger partial charge in [-0.15, -0.1) is 11.8 Å². The SMILES string of the molecule is CC1CCN(C(=O)CSc2cn(Cc3ccc(Cl)cc3)c3ccccc23)CC1. The minimum atomic E-state index is 0.256. The molecule has 0 unspecified atom stereocenters. The van der Waals surface area contributed by atoms with Gasteiger partial charge in [0.15, 0.2) is 0 Å². The van der Waals surface area contributed by atoms with E-state index in [0.29, 0.717) is 5.75 Å². The molecule has 1 fully saturated rings. The van der Waals surface area contributed by atoms with Gasteiger partial charge < -0.3 is 9.47 Å². The topological polar surface area (TPSA) is 25.2 Å². The van der Waals surface area contributed by atoms with E-state index in [9.17, 15) is 4.79 Å². The Bertz CT molecular complexity index is 958. The monoisotopic (exact) mass is 412 g/mol. The molecule has 0 atom stereocenters. The van der Waals surface area contributed by atoms with Crippen LogP contribution in [0.15, 0.2) is 59.6 Å². The van der Waals surface area contributed by atoms with Crippen LogP contribution in [0.2, 0.25) is 5.02 Å². The fourth-order valence-electron chi connectivity index (χ4n) is 3.73. The summed E-state index contributed by atoms with van der Waals surface area (Å²) >= 11 is 7.66. The molecule has 0 aliphatic carbocycles. The Morgan fingerprint density at radius 3 is 2.57 bits per heavy atom. The Hall–Kier alpha value is -1.91. The van der Waals surface area contributed by atoms with Crippen LogP contribution in [-0.2, 0) is 11.3 Å². The van der Waals surface area contributed by atoms with Crippen LogP contribution in [0, 0.1) is 5.92 Å². The first-order valence-corrected chi connectivity index (χ1v) is 11.2. The van der Waals surface area contributed by atoms with Gasteiger partial charge in [0.05, 0.1) is 5.75 Å². The zero-order valence-corrected chi connectivity index (χ0v) is 17.7. The smallest absolute Gasteiger partial charge is 0.232 e. The van der Waals surface area contributed by atoms with Crippen molar-refractivity contribution in [3.63, 3.8) is 0 Å². The fraction of sp³-hybridized carbons (Fsp3) is 0.348. The average Bonchev–Trinajstić information content (AvgIpc) is 3.06. The highest BCUT2D eigenvalue weighted by molar-refractivity contribution is 8.00. The number of carbonyl (C=O) groups is 1. The normalized spacial score (nSPS) is 15.3. The summed E-state index contributed by atoms with van der Waals surface area (Å²) in [5.74, 6) is 1.50. The van der Waals surface area contributed by atoms with Gasteiger partial charge in [0.1, 0.15) is 0 Å². The number of aromatic nitrogens is 1. The average molecular weight is 413 g/mol. The Labute approximate surface area is 175 Å². The van der Waals surface area contributed by atoms with Crippen LogP contribution in [0.4, 0.5) is 0 Å². The molecule has 1 saturated heterocycles. The summed E-state index contributed by atoms with van der Waals surface area (Å²) in [7, 11) is 0. The van der Waals surface area contributed by atoms with E-state index in [1.807, 2.05) is 17.0 Å². The Morgan fingerprint density at radius 2 is 1.82 bits per heavy atom. The number of carbonyl (C=O) groups excluding carboxylic acids is 1. The number of benzene rings is 2. The molecule has 28 heavy (non-hydrogen) atoms. The maximum atomic E-state index is 12.6. The zero-order chi connectivity index (χ0) is 19.5. The van der Waals surface area contributed by atoms with Gasteiger partial charge in [-0.1, -0.05) is 48.9 Å². The molecule has 1 amide bonds. The number of fused-ring (bicyclic) bond motifs is 1. The van der Waals surface area contributed by atoms with E-state index in [-0.39, 0.29) is 5.91 Å². The summed E-state index contributed by atoms with van der Waals surface area (Å²) in [5.41, 5.74) is 2.40. The third-order valence-electron chi connectivity index (χ3n) is 5.51. The summed E-state index contributed by atoms with van der Waals surface area (Å²) < 4.78 is 2.26. The first kappa shape index (κ1) is 19.4. The number of thioether (sulfide) groups is 1. The van der Waals surface area contributed by atoms with Gasteiger partial charge in [-0.3, -0.25) is 4.79 Å². The lowest BCUT2D eigenvalue weighted by molar-refractivity contribution is -0.129. The minimum Gasteiger partial charge on any atom is -0.342 e. The summed E-state index contributed by atoms with van der Waals surface area (Å²) in [6, 6.07) is 16.4. The van der Waals surface area contributed by atoms with E-state index in [0.717, 1.165) is 43.4 Å². The van der Waals surface area contributed by atoms with Crippen molar-refractivity contribution in [3.8, 4) is 0 Å². The highest BCUT2D eigenvalue weighted by Crippen LogP contribution is 2.31. The molecule has 4 rings (SSSR count). The number of para-hydroxylation sites is 1. The van der Waals surface area contributed by atoms with Gasteiger partial charge >= 0.3 is 0 Å². The molecule has 1 aromatic heterocycles. The Kier molecular flexibility index (Phi) is 5.98. The largest absolute Gasteiger partial charge is 0.342 e. The number of hydrogen-bond acceptors (Lipinski definition) is 2. The highest BCUT2D eigenvalue weighted by atomic mass is 35.5. The summed E-state index contributed by atoms with van der Waals surface area (Å²) in [6.07, 6.45) is 4.42. The van der Waals surface area contributed by atoms with Gasteiger partial charge in [0.2, 0.25) is 5.91 Å². The first-order chi connectivity index (χ1) is 13.6. The van der Waals surface area contributed by atoms with Gasteiger partial charge in [0, 0.05) is 46.7 Å². The molecule has 2 heterocycles. The Balaban J connectivity index is 1.49. The lowest BCUT2D eigenvalue weighted by Crippen LogP contribution is -2.38. The van der Waals surface area contributed by atoms with Crippen molar-refractivity contribution in [2.24, 2.45) is 5.92 Å². The number of amides is 1. The number of piperidine rings is 1. The molecule has 0 spiro atoms. The molecule has 0 saturated carbocycles. The van der Waals surface area contributed by atoms with E-state index < -0.39 is 0 Å². The van der Waals surface area contributed by atoms with E-state index in [4.69, 9.17) is 11.6 Å². The molecule has 3 nitrogen and oxygen atoms in total. The molecule has 1 aliphatic rings. The van der Waals surface area contributed by atoms with Gasteiger partial charge in [0.25, 0.3) is 0 Å². The van der Waals surface area contributed by atoms with E-state index in [1.165, 1.54) is 21.4 Å². The van der Waals surface area contributed by atoms with E-state index in [1.54, 1.807) is 11.8 Å². The van der Waals surface area contributed by atoms with Crippen LogP contribution >= 0.6 is 23.4 Å². The van der Waals surface area contributed by atoms with Crippen molar-refractivity contribution in [2.45, 2.75) is 31.2 Å². The fourth-order valence-corrected chi connectivity index (χ4v) is 4.85. The molecule has 5 heteroatoms. The molecule has 3 aromatic rings. The van der Waals surface area contributed by atoms with Gasteiger partial charge in [-0.2, -0.15) is 0 Å². The maximum absolute atomic E-state index is 12.6. The molecule has 2 aromatic carbocycles. The lowest BCUT2D eigenvalue weighted by atomic mass is 9.99. The van der Waals surface area contributed by atoms with Crippen molar-refractivity contribution in [3.05, 3.63) is 65.3 Å². The summed E-state index contributed by atoms with van der Waals surface area (Å²) in [5, 5.41) is 1.96. The number of likely N-dealkylation sites (tertiary alicyclic amines) is 1. The van der Waals surface area contributed by atoms with Crippen molar-refractivity contribution < 1.29 is 4.79 Å². The van der Waals surface area contributed by atoms with Crippen LogP contribution in [0.3, 0.4) is 0 Å². The lowest BCUT2D eigenvalue weighted by Gasteiger charge is -2.30. The Morgan fingerprint density at radius 1 is 1.11 bits per heavy atom. The molecular formula is C23H25ClN2OS. The summed E-state index contributed by atoms with van der Waals surface area (Å²) in [4.78, 5) is 15.8.